The van der Waals surface area contributed by atoms with Gasteiger partial charge in [0, 0.05) is 18.8 Å². The molecule has 0 heterocycles. The fourth-order valence-corrected chi connectivity index (χ4v) is 2.26. The molecule has 0 saturated carbocycles. The summed E-state index contributed by atoms with van der Waals surface area (Å²) in [6, 6.07) is 6.37. The van der Waals surface area contributed by atoms with Crippen LogP contribution in [0.2, 0.25) is 0 Å². The Morgan fingerprint density at radius 1 is 1.19 bits per heavy atom. The lowest BCUT2D eigenvalue weighted by atomic mass is 10.2. The zero-order chi connectivity index (χ0) is 12.0. The molecule has 0 amide bonds. The molecule has 1 rings (SSSR count). The van der Waals surface area contributed by atoms with Gasteiger partial charge in [0.05, 0.1) is 0 Å². The van der Waals surface area contributed by atoms with Crippen LogP contribution in [0.25, 0.3) is 0 Å². The van der Waals surface area contributed by atoms with Gasteiger partial charge >= 0.3 is 0 Å². The molecule has 0 aliphatic rings. The third-order valence-electron chi connectivity index (χ3n) is 2.14. The predicted molar refractivity (Wildman–Crippen MR) is 63.4 cm³/mol. The van der Waals surface area contributed by atoms with Crippen LogP contribution in [-0.4, -0.2) is 18.3 Å². The van der Waals surface area contributed by atoms with Gasteiger partial charge in [-0.05, 0) is 38.1 Å². The Hall–Kier alpha value is -0.830. The molecule has 0 aromatic heterocycles. The minimum Gasteiger partial charge on any atom is -0.508 e. The van der Waals surface area contributed by atoms with Crippen molar-refractivity contribution >= 4 is 8.46 Å². The van der Waals surface area contributed by atoms with E-state index in [-0.39, 0.29) is 5.75 Å². The summed E-state index contributed by atoms with van der Waals surface area (Å²) in [5.41, 5.74) is -0.490. The number of hydrogen-bond acceptors (Lipinski definition) is 4. The average Bonchev–Trinajstić information content (AvgIpc) is 2.29. The highest BCUT2D eigenvalue weighted by molar-refractivity contribution is 7.24. The molecule has 0 aliphatic carbocycles. The van der Waals surface area contributed by atoms with Crippen LogP contribution in [-0.2, 0) is 19.6 Å². The second-order valence-corrected chi connectivity index (χ2v) is 4.19. The second kappa shape index (κ2) is 6.04. The molecule has 16 heavy (non-hydrogen) atoms. The molecule has 1 aromatic carbocycles. The van der Waals surface area contributed by atoms with Crippen LogP contribution in [0.5, 0.6) is 5.75 Å². The Bertz CT molecular complexity index is 330. The van der Waals surface area contributed by atoms with Crippen LogP contribution in [0.4, 0.5) is 0 Å². The van der Waals surface area contributed by atoms with Crippen LogP contribution >= 0.6 is 8.46 Å². The van der Waals surface area contributed by atoms with Crippen LogP contribution in [0.15, 0.2) is 24.3 Å². The first kappa shape index (κ1) is 13.2. The van der Waals surface area contributed by atoms with Crippen molar-refractivity contribution in [3.8, 4) is 5.75 Å². The summed E-state index contributed by atoms with van der Waals surface area (Å²) in [7, 11) is -1.28. The van der Waals surface area contributed by atoms with Gasteiger partial charge in [0.1, 0.15) is 14.2 Å². The Balaban J connectivity index is 3.07. The molecule has 1 unspecified atom stereocenters. The number of rotatable bonds is 6. The van der Waals surface area contributed by atoms with E-state index in [0.717, 1.165) is 0 Å². The Morgan fingerprint density at radius 2 is 1.69 bits per heavy atom. The summed E-state index contributed by atoms with van der Waals surface area (Å²) in [5.74, 6) is 0.159. The van der Waals surface area contributed by atoms with Crippen molar-refractivity contribution < 1.29 is 19.1 Å². The second-order valence-electron chi connectivity index (χ2n) is 3.20. The SMILES string of the molecule is CCOC(OCC)([PH2]=O)c1ccc(O)cc1. The number of benzene rings is 1. The maximum absolute atomic E-state index is 11.4. The lowest BCUT2D eigenvalue weighted by molar-refractivity contribution is -0.176. The Kier molecular flexibility index (Phi) is 5.00. The molecule has 90 valence electrons. The van der Waals surface area contributed by atoms with E-state index < -0.39 is 14.0 Å². The van der Waals surface area contributed by atoms with Crippen molar-refractivity contribution in [2.45, 2.75) is 19.4 Å². The fraction of sp³-hybridized carbons (Fsp3) is 0.455. The number of phenols is 1. The van der Waals surface area contributed by atoms with E-state index in [1.807, 2.05) is 13.8 Å². The summed E-state index contributed by atoms with van der Waals surface area (Å²) in [5, 5.41) is 9.20. The van der Waals surface area contributed by atoms with Crippen molar-refractivity contribution in [2.75, 3.05) is 13.2 Å². The first-order chi connectivity index (χ1) is 7.68. The van der Waals surface area contributed by atoms with E-state index >= 15 is 0 Å². The Labute approximate surface area is 96.4 Å². The van der Waals surface area contributed by atoms with Crippen LogP contribution in [0.3, 0.4) is 0 Å². The molecule has 0 radical (unpaired) electrons. The molecule has 4 nitrogen and oxygen atoms in total. The minimum absolute atomic E-state index is 0.159. The van der Waals surface area contributed by atoms with Gasteiger partial charge in [0.2, 0.25) is 5.53 Å². The first-order valence-corrected chi connectivity index (χ1v) is 6.27. The predicted octanol–water partition coefficient (Wildman–Crippen LogP) is 2.33. The quantitative estimate of drug-likeness (QED) is 0.616. The highest BCUT2D eigenvalue weighted by atomic mass is 31.1. The van der Waals surface area contributed by atoms with Crippen molar-refractivity contribution in [1.29, 1.82) is 0 Å². The van der Waals surface area contributed by atoms with Gasteiger partial charge in [-0.15, -0.1) is 0 Å². The largest absolute Gasteiger partial charge is 0.508 e. The third kappa shape index (κ3) is 2.85. The van der Waals surface area contributed by atoms with E-state index in [0.29, 0.717) is 18.8 Å². The maximum atomic E-state index is 11.4. The zero-order valence-electron chi connectivity index (χ0n) is 9.47. The van der Waals surface area contributed by atoms with Gasteiger partial charge in [-0.1, -0.05) is 0 Å². The molecular weight excluding hydrogens is 227 g/mol. The molecule has 1 atom stereocenters. The molecule has 5 heteroatoms. The van der Waals surface area contributed by atoms with Crippen molar-refractivity contribution in [2.24, 2.45) is 0 Å². The normalized spacial score (nSPS) is 12.4. The summed E-state index contributed by atoms with van der Waals surface area (Å²) >= 11 is 0. The smallest absolute Gasteiger partial charge is 0.243 e. The molecule has 0 aliphatic heterocycles. The molecule has 1 aromatic rings. The number of ether oxygens (including phenoxy) is 2. The topological polar surface area (TPSA) is 55.8 Å². The molecule has 0 fully saturated rings. The number of aromatic hydroxyl groups is 1. The molecule has 0 saturated heterocycles. The maximum Gasteiger partial charge on any atom is 0.243 e. The van der Waals surface area contributed by atoms with Gasteiger partial charge < -0.3 is 19.1 Å². The van der Waals surface area contributed by atoms with Crippen molar-refractivity contribution in [3.05, 3.63) is 29.8 Å². The van der Waals surface area contributed by atoms with Gasteiger partial charge in [-0.25, -0.2) is 0 Å². The van der Waals surface area contributed by atoms with Crippen LogP contribution in [0.1, 0.15) is 19.4 Å². The van der Waals surface area contributed by atoms with Crippen molar-refractivity contribution in [3.63, 3.8) is 0 Å². The number of phenolic OH excluding ortho intramolecular Hbond substituents is 1. The molecule has 0 bridgehead atoms. The van der Waals surface area contributed by atoms with Gasteiger partial charge in [-0.3, -0.25) is 0 Å². The summed E-state index contributed by atoms with van der Waals surface area (Å²) in [6.45, 7) is 4.47. The molecule has 0 spiro atoms. The van der Waals surface area contributed by atoms with Gasteiger partial charge in [-0.2, -0.15) is 0 Å². The minimum atomic E-state index is -1.28. The zero-order valence-corrected chi connectivity index (χ0v) is 10.6. The van der Waals surface area contributed by atoms with Gasteiger partial charge in [0.15, 0.2) is 0 Å². The van der Waals surface area contributed by atoms with Gasteiger partial charge in [0.25, 0.3) is 0 Å². The lowest BCUT2D eigenvalue weighted by Gasteiger charge is -2.28. The Morgan fingerprint density at radius 3 is 2.06 bits per heavy atom. The van der Waals surface area contributed by atoms with E-state index in [1.54, 1.807) is 12.1 Å². The van der Waals surface area contributed by atoms with Crippen LogP contribution < -0.4 is 0 Å². The number of hydrogen-bond donors (Lipinski definition) is 1. The standard InChI is InChI=1S/C11H17O4P/c1-3-14-11(16-13,15-4-2)9-5-7-10(12)8-6-9/h5-8,12H,3-4,16H2,1-2H3. The highest BCUT2D eigenvalue weighted by Gasteiger charge is 2.32. The summed E-state index contributed by atoms with van der Waals surface area (Å²) in [6.07, 6.45) is 0. The van der Waals surface area contributed by atoms with Crippen LogP contribution in [0, 0.1) is 0 Å². The van der Waals surface area contributed by atoms with E-state index in [9.17, 15) is 9.67 Å². The van der Waals surface area contributed by atoms with E-state index in [4.69, 9.17) is 9.47 Å². The highest BCUT2D eigenvalue weighted by Crippen LogP contribution is 2.38. The molecular formula is C11H17O4P. The lowest BCUT2D eigenvalue weighted by Crippen LogP contribution is -2.27. The van der Waals surface area contributed by atoms with Crippen molar-refractivity contribution in [1.82, 2.24) is 0 Å². The molecule has 1 N–H and O–H groups in total. The summed E-state index contributed by atoms with van der Waals surface area (Å²) < 4.78 is 22.3. The average molecular weight is 244 g/mol. The fourth-order valence-electron chi connectivity index (χ4n) is 1.47. The summed E-state index contributed by atoms with van der Waals surface area (Å²) in [4.78, 5) is 0. The monoisotopic (exact) mass is 244 g/mol. The third-order valence-corrected chi connectivity index (χ3v) is 3.12. The first-order valence-electron chi connectivity index (χ1n) is 5.22. The van der Waals surface area contributed by atoms with E-state index in [1.165, 1.54) is 12.1 Å². The van der Waals surface area contributed by atoms with E-state index in [2.05, 4.69) is 0 Å².